The number of rotatable bonds is 8. The zero-order valence-corrected chi connectivity index (χ0v) is 19.6. The minimum absolute atomic E-state index is 0. The van der Waals surface area contributed by atoms with Crippen LogP contribution in [0.15, 0.2) is 23.2 Å². The van der Waals surface area contributed by atoms with Crippen LogP contribution in [0.2, 0.25) is 0 Å². The summed E-state index contributed by atoms with van der Waals surface area (Å²) >= 11 is 1.86. The lowest BCUT2D eigenvalue weighted by Crippen LogP contribution is -2.48. The van der Waals surface area contributed by atoms with Crippen LogP contribution in [0.25, 0.3) is 0 Å². The fourth-order valence-corrected chi connectivity index (χ4v) is 3.55. The molecule has 0 radical (unpaired) electrons. The standard InChI is InChI=1S/C19H31FN4OS.HI/c1-21-19(22-9-4-12-26-3)23-16-7-10-24(11-8-16)14-15-5-6-18(25-2)17(20)13-15;/h5-6,13,16H,4,7-12,14H2,1-3H3,(H2,21,22,23);1H. The van der Waals surface area contributed by atoms with Gasteiger partial charge in [-0.15, -0.1) is 24.0 Å². The summed E-state index contributed by atoms with van der Waals surface area (Å²) in [5.74, 6) is 2.06. The molecule has 1 fully saturated rings. The van der Waals surface area contributed by atoms with Gasteiger partial charge in [0.2, 0.25) is 0 Å². The molecule has 5 nitrogen and oxygen atoms in total. The Labute approximate surface area is 183 Å². The van der Waals surface area contributed by atoms with E-state index >= 15 is 0 Å². The Morgan fingerprint density at radius 3 is 2.70 bits per heavy atom. The number of methoxy groups -OCH3 is 1. The van der Waals surface area contributed by atoms with Crippen molar-refractivity contribution in [2.45, 2.75) is 31.8 Å². The molecule has 1 aromatic carbocycles. The molecule has 1 aliphatic rings. The van der Waals surface area contributed by atoms with Gasteiger partial charge >= 0.3 is 0 Å². The van der Waals surface area contributed by atoms with Gasteiger partial charge in [-0.3, -0.25) is 9.89 Å². The molecular formula is C19H32FIN4OS. The number of halogens is 2. The second kappa shape index (κ2) is 13.4. The summed E-state index contributed by atoms with van der Waals surface area (Å²) in [5, 5.41) is 6.90. The normalized spacial score (nSPS) is 15.9. The molecule has 0 unspecified atom stereocenters. The summed E-state index contributed by atoms with van der Waals surface area (Å²) in [6.07, 6.45) is 5.38. The number of guanidine groups is 1. The molecule has 0 amide bonds. The fraction of sp³-hybridized carbons (Fsp3) is 0.632. The maximum absolute atomic E-state index is 13.8. The Morgan fingerprint density at radius 2 is 2.11 bits per heavy atom. The smallest absolute Gasteiger partial charge is 0.191 e. The van der Waals surface area contributed by atoms with Crippen molar-refractivity contribution in [2.24, 2.45) is 4.99 Å². The Bertz CT molecular complexity index is 583. The molecular weight excluding hydrogens is 478 g/mol. The van der Waals surface area contributed by atoms with Crippen LogP contribution in [0.3, 0.4) is 0 Å². The lowest BCUT2D eigenvalue weighted by molar-refractivity contribution is 0.198. The molecule has 1 aromatic rings. The number of hydrogen-bond donors (Lipinski definition) is 2. The van der Waals surface area contributed by atoms with Gasteiger partial charge in [0.25, 0.3) is 0 Å². The fourth-order valence-electron chi connectivity index (χ4n) is 3.11. The van der Waals surface area contributed by atoms with E-state index in [0.717, 1.165) is 62.7 Å². The molecule has 8 heteroatoms. The highest BCUT2D eigenvalue weighted by atomic mass is 127. The average molecular weight is 510 g/mol. The Balaban J connectivity index is 0.00000364. The van der Waals surface area contributed by atoms with E-state index in [4.69, 9.17) is 4.74 Å². The van der Waals surface area contributed by atoms with Gasteiger partial charge in [0.1, 0.15) is 0 Å². The topological polar surface area (TPSA) is 48.9 Å². The zero-order chi connectivity index (χ0) is 18.8. The van der Waals surface area contributed by atoms with Gasteiger partial charge < -0.3 is 15.4 Å². The number of aliphatic imine (C=N–C) groups is 1. The highest BCUT2D eigenvalue weighted by Gasteiger charge is 2.20. The summed E-state index contributed by atoms with van der Waals surface area (Å²) in [6, 6.07) is 5.65. The van der Waals surface area contributed by atoms with Gasteiger partial charge in [-0.2, -0.15) is 11.8 Å². The molecule has 154 valence electrons. The Kier molecular flexibility index (Phi) is 12.1. The molecule has 27 heavy (non-hydrogen) atoms. The van der Waals surface area contributed by atoms with Crippen LogP contribution in [-0.2, 0) is 6.54 Å². The third-order valence-corrected chi connectivity index (χ3v) is 5.29. The second-order valence-corrected chi connectivity index (χ2v) is 7.49. The first kappa shape index (κ1) is 24.3. The van der Waals surface area contributed by atoms with E-state index in [-0.39, 0.29) is 29.8 Å². The third-order valence-electron chi connectivity index (χ3n) is 4.59. The first-order valence-electron chi connectivity index (χ1n) is 9.17. The average Bonchev–Trinajstić information content (AvgIpc) is 2.66. The van der Waals surface area contributed by atoms with Crippen molar-refractivity contribution < 1.29 is 9.13 Å². The van der Waals surface area contributed by atoms with Gasteiger partial charge in [-0.05, 0) is 49.0 Å². The number of benzene rings is 1. The summed E-state index contributed by atoms with van der Waals surface area (Å²) < 4.78 is 18.8. The van der Waals surface area contributed by atoms with Crippen LogP contribution in [0, 0.1) is 5.82 Å². The lowest BCUT2D eigenvalue weighted by atomic mass is 10.0. The van der Waals surface area contributed by atoms with Crippen LogP contribution >= 0.6 is 35.7 Å². The van der Waals surface area contributed by atoms with Crippen LogP contribution in [0.5, 0.6) is 5.75 Å². The van der Waals surface area contributed by atoms with Crippen LogP contribution in [0.4, 0.5) is 4.39 Å². The second-order valence-electron chi connectivity index (χ2n) is 6.51. The predicted molar refractivity (Wildman–Crippen MR) is 124 cm³/mol. The lowest BCUT2D eigenvalue weighted by Gasteiger charge is -2.33. The van der Waals surface area contributed by atoms with Crippen molar-refractivity contribution in [3.05, 3.63) is 29.6 Å². The summed E-state index contributed by atoms with van der Waals surface area (Å²) in [7, 11) is 3.30. The molecule has 0 saturated carbocycles. The molecule has 0 spiro atoms. The van der Waals surface area contributed by atoms with E-state index in [9.17, 15) is 4.39 Å². The molecule has 1 heterocycles. The van der Waals surface area contributed by atoms with Crippen LogP contribution < -0.4 is 15.4 Å². The van der Waals surface area contributed by atoms with Crippen molar-refractivity contribution in [3.63, 3.8) is 0 Å². The van der Waals surface area contributed by atoms with Gasteiger partial charge in [0.05, 0.1) is 7.11 Å². The number of hydrogen-bond acceptors (Lipinski definition) is 4. The van der Waals surface area contributed by atoms with E-state index in [1.54, 1.807) is 12.1 Å². The van der Waals surface area contributed by atoms with E-state index in [1.165, 1.54) is 7.11 Å². The van der Waals surface area contributed by atoms with Crippen molar-refractivity contribution in [1.82, 2.24) is 15.5 Å². The molecule has 1 saturated heterocycles. The Morgan fingerprint density at radius 1 is 1.37 bits per heavy atom. The molecule has 2 rings (SSSR count). The molecule has 0 aromatic heterocycles. The quantitative estimate of drug-likeness (QED) is 0.243. The third kappa shape index (κ3) is 8.43. The van der Waals surface area contributed by atoms with Crippen molar-refractivity contribution in [2.75, 3.05) is 45.8 Å². The van der Waals surface area contributed by atoms with Gasteiger partial charge in [-0.25, -0.2) is 4.39 Å². The number of ether oxygens (including phenoxy) is 1. The summed E-state index contributed by atoms with van der Waals surface area (Å²) in [4.78, 5) is 6.68. The van der Waals surface area contributed by atoms with E-state index in [2.05, 4.69) is 26.8 Å². The van der Waals surface area contributed by atoms with Gasteiger partial charge in [0, 0.05) is 39.3 Å². The first-order chi connectivity index (χ1) is 12.7. The number of nitrogens with one attached hydrogen (secondary N) is 2. The Hall–Kier alpha value is -0.740. The SMILES string of the molecule is CN=C(NCCCSC)NC1CCN(Cc2ccc(OC)c(F)c2)CC1.I. The van der Waals surface area contributed by atoms with E-state index < -0.39 is 0 Å². The van der Waals surface area contributed by atoms with E-state index in [0.29, 0.717) is 11.8 Å². The monoisotopic (exact) mass is 510 g/mol. The van der Waals surface area contributed by atoms with Crippen LogP contribution in [0.1, 0.15) is 24.8 Å². The molecule has 0 bridgehead atoms. The number of piperidine rings is 1. The number of thioether (sulfide) groups is 1. The minimum atomic E-state index is -0.294. The maximum atomic E-state index is 13.8. The molecule has 0 atom stereocenters. The van der Waals surface area contributed by atoms with Crippen molar-refractivity contribution in [1.29, 1.82) is 0 Å². The minimum Gasteiger partial charge on any atom is -0.494 e. The van der Waals surface area contributed by atoms with Gasteiger partial charge in [0.15, 0.2) is 17.5 Å². The van der Waals surface area contributed by atoms with E-state index in [1.807, 2.05) is 24.9 Å². The molecule has 0 aliphatic carbocycles. The molecule has 1 aliphatic heterocycles. The van der Waals surface area contributed by atoms with Crippen molar-refractivity contribution >= 4 is 41.7 Å². The summed E-state index contributed by atoms with van der Waals surface area (Å²) in [6.45, 7) is 3.71. The first-order valence-corrected chi connectivity index (χ1v) is 10.6. The highest BCUT2D eigenvalue weighted by Crippen LogP contribution is 2.20. The summed E-state index contributed by atoms with van der Waals surface area (Å²) in [5.41, 5.74) is 0.987. The van der Waals surface area contributed by atoms with Crippen molar-refractivity contribution in [3.8, 4) is 5.75 Å². The number of nitrogens with zero attached hydrogens (tertiary/aromatic N) is 2. The number of likely N-dealkylation sites (tertiary alicyclic amines) is 1. The molecule has 2 N–H and O–H groups in total. The maximum Gasteiger partial charge on any atom is 0.191 e. The van der Waals surface area contributed by atoms with Crippen LogP contribution in [-0.4, -0.2) is 62.7 Å². The largest absolute Gasteiger partial charge is 0.494 e. The zero-order valence-electron chi connectivity index (χ0n) is 16.5. The predicted octanol–water partition coefficient (Wildman–Crippen LogP) is 3.33. The van der Waals surface area contributed by atoms with Gasteiger partial charge in [-0.1, -0.05) is 6.07 Å². The highest BCUT2D eigenvalue weighted by molar-refractivity contribution is 14.0.